The molecular formula is C22H19F3N6O. The van der Waals surface area contributed by atoms with E-state index in [4.69, 9.17) is 0 Å². The first-order valence-corrected chi connectivity index (χ1v) is 9.77. The van der Waals surface area contributed by atoms with Crippen molar-refractivity contribution in [3.8, 4) is 0 Å². The number of aromatic nitrogens is 4. The summed E-state index contributed by atoms with van der Waals surface area (Å²) in [5.41, 5.74) is 1.71. The second-order valence-corrected chi connectivity index (χ2v) is 7.15. The van der Waals surface area contributed by atoms with Crippen molar-refractivity contribution in [2.45, 2.75) is 25.2 Å². The molecule has 0 saturated carbocycles. The predicted molar refractivity (Wildman–Crippen MR) is 112 cm³/mol. The van der Waals surface area contributed by atoms with Gasteiger partial charge in [0.05, 0.1) is 29.1 Å². The molecule has 0 radical (unpaired) electrons. The number of hydrogen-bond acceptors (Lipinski definition) is 5. The number of benzene rings is 2. The monoisotopic (exact) mass is 440 g/mol. The van der Waals surface area contributed by atoms with Crippen LogP contribution in [0, 0.1) is 0 Å². The van der Waals surface area contributed by atoms with Crippen LogP contribution in [0.1, 0.15) is 29.2 Å². The van der Waals surface area contributed by atoms with Crippen LogP contribution >= 0.6 is 0 Å². The lowest BCUT2D eigenvalue weighted by Crippen LogP contribution is -2.27. The number of alkyl halides is 3. The van der Waals surface area contributed by atoms with Gasteiger partial charge in [0.15, 0.2) is 0 Å². The van der Waals surface area contributed by atoms with E-state index in [0.717, 1.165) is 17.6 Å². The van der Waals surface area contributed by atoms with Crippen molar-refractivity contribution in [2.24, 2.45) is 0 Å². The summed E-state index contributed by atoms with van der Waals surface area (Å²) >= 11 is 0. The molecule has 32 heavy (non-hydrogen) atoms. The third kappa shape index (κ3) is 5.20. The Bertz CT molecular complexity index is 1180. The molecule has 0 bridgehead atoms. The van der Waals surface area contributed by atoms with E-state index < -0.39 is 17.8 Å². The van der Waals surface area contributed by atoms with Crippen LogP contribution in [0.5, 0.6) is 0 Å². The number of rotatable bonds is 7. The topological polar surface area (TPSA) is 95.6 Å². The lowest BCUT2D eigenvalue weighted by molar-refractivity contribution is -0.137. The first kappa shape index (κ1) is 21.3. The Morgan fingerprint density at radius 2 is 1.84 bits per heavy atom. The molecule has 10 heteroatoms. The fourth-order valence-electron chi connectivity index (χ4n) is 3.25. The summed E-state index contributed by atoms with van der Waals surface area (Å²) in [5, 5.41) is 5.82. The zero-order valence-electron chi connectivity index (χ0n) is 16.7. The van der Waals surface area contributed by atoms with E-state index >= 15 is 0 Å². The van der Waals surface area contributed by atoms with E-state index in [2.05, 4.69) is 30.6 Å². The van der Waals surface area contributed by atoms with Gasteiger partial charge in [-0.3, -0.25) is 4.79 Å². The maximum atomic E-state index is 13.2. The van der Waals surface area contributed by atoms with Gasteiger partial charge in [-0.2, -0.15) is 13.2 Å². The van der Waals surface area contributed by atoms with Crippen LogP contribution in [0.3, 0.4) is 0 Å². The van der Waals surface area contributed by atoms with Crippen molar-refractivity contribution in [1.29, 1.82) is 0 Å². The van der Waals surface area contributed by atoms with E-state index in [1.54, 1.807) is 18.5 Å². The number of hydrogen-bond donors (Lipinski definition) is 3. The summed E-state index contributed by atoms with van der Waals surface area (Å²) in [4.78, 5) is 27.9. The number of nitrogens with zero attached hydrogens (tertiary/aromatic N) is 3. The highest BCUT2D eigenvalue weighted by atomic mass is 19.4. The normalized spacial score (nSPS) is 12.5. The van der Waals surface area contributed by atoms with Crippen LogP contribution in [0.25, 0.3) is 11.0 Å². The molecule has 0 fully saturated rings. The van der Waals surface area contributed by atoms with Crippen LogP contribution in [-0.2, 0) is 17.5 Å². The van der Waals surface area contributed by atoms with Gasteiger partial charge in [0, 0.05) is 24.5 Å². The molecule has 1 amide bonds. The molecule has 164 valence electrons. The van der Waals surface area contributed by atoms with Crippen molar-refractivity contribution >= 4 is 22.9 Å². The van der Waals surface area contributed by atoms with Gasteiger partial charge in [0.1, 0.15) is 6.33 Å². The number of para-hydroxylation sites is 2. The summed E-state index contributed by atoms with van der Waals surface area (Å²) in [6.45, 7) is 0.208. The predicted octanol–water partition coefficient (Wildman–Crippen LogP) is 4.23. The number of aromatic amines is 1. The molecule has 0 spiro atoms. The number of anilines is 1. The third-order valence-electron chi connectivity index (χ3n) is 4.81. The Balaban J connectivity index is 1.56. The molecular weight excluding hydrogens is 421 g/mol. The smallest absolute Gasteiger partial charge is 0.352 e. The molecule has 0 aliphatic heterocycles. The Morgan fingerprint density at radius 3 is 2.59 bits per heavy atom. The highest BCUT2D eigenvalue weighted by Crippen LogP contribution is 2.32. The number of imidazole rings is 1. The van der Waals surface area contributed by atoms with Crippen molar-refractivity contribution < 1.29 is 18.0 Å². The number of amides is 1. The number of carbonyl (C=O) groups is 1. The number of halogens is 3. The van der Waals surface area contributed by atoms with Crippen LogP contribution in [-0.4, -0.2) is 25.8 Å². The molecule has 2 aromatic carbocycles. The largest absolute Gasteiger partial charge is 0.416 e. The van der Waals surface area contributed by atoms with E-state index in [1.165, 1.54) is 12.4 Å². The zero-order valence-corrected chi connectivity index (χ0v) is 16.7. The minimum absolute atomic E-state index is 0.105. The lowest BCUT2D eigenvalue weighted by atomic mass is 10.0. The molecule has 3 N–H and O–H groups in total. The van der Waals surface area contributed by atoms with Gasteiger partial charge in [-0.15, -0.1) is 0 Å². The van der Waals surface area contributed by atoms with Crippen LogP contribution in [0.2, 0.25) is 0 Å². The summed E-state index contributed by atoms with van der Waals surface area (Å²) in [5.74, 6) is 0.0118. The minimum atomic E-state index is -4.49. The minimum Gasteiger partial charge on any atom is -0.352 e. The zero-order chi connectivity index (χ0) is 22.6. The van der Waals surface area contributed by atoms with Gasteiger partial charge >= 0.3 is 6.18 Å². The fraction of sp³-hybridized carbons (Fsp3) is 0.182. The molecule has 0 saturated heterocycles. The number of nitrogens with one attached hydrogen (secondary N) is 3. The number of carbonyl (C=O) groups excluding carboxylic acids is 1. The van der Waals surface area contributed by atoms with Crippen LogP contribution in [0.15, 0.2) is 67.3 Å². The van der Waals surface area contributed by atoms with E-state index in [1.807, 2.05) is 24.3 Å². The first-order valence-electron chi connectivity index (χ1n) is 9.77. The van der Waals surface area contributed by atoms with Gasteiger partial charge < -0.3 is 15.6 Å². The highest BCUT2D eigenvalue weighted by molar-refractivity contribution is 5.79. The summed E-state index contributed by atoms with van der Waals surface area (Å²) in [6.07, 6.45) is -0.0672. The van der Waals surface area contributed by atoms with Crippen molar-refractivity contribution in [2.75, 3.05) is 5.32 Å². The maximum Gasteiger partial charge on any atom is 0.416 e. The Hall–Kier alpha value is -3.95. The van der Waals surface area contributed by atoms with Gasteiger partial charge in [-0.1, -0.05) is 24.3 Å². The second kappa shape index (κ2) is 9.04. The number of H-pyrrole nitrogens is 1. The van der Waals surface area contributed by atoms with Crippen molar-refractivity contribution in [3.63, 3.8) is 0 Å². The summed E-state index contributed by atoms with van der Waals surface area (Å²) in [6, 6.07) is 11.5. The fourth-order valence-corrected chi connectivity index (χ4v) is 3.25. The van der Waals surface area contributed by atoms with Gasteiger partial charge in [-0.25, -0.2) is 15.0 Å². The Labute approximate surface area is 181 Å². The standard InChI is InChI=1S/C22H19F3N6O/c23-22(24,25)16-5-3-4-15(8-16)19(9-20(32)28-12-14-10-26-13-27-11-14)31-21-29-17-6-1-2-7-18(17)30-21/h1-8,10-11,13,19H,9,12H2,(H,28,32)(H2,29,30,31). The molecule has 4 aromatic rings. The SMILES string of the molecule is O=C(CC(Nc1nc2ccccc2[nH]1)c1cccc(C(F)(F)F)c1)NCc1cncnc1. The molecule has 0 aliphatic carbocycles. The Morgan fingerprint density at radius 1 is 1.06 bits per heavy atom. The van der Waals surface area contributed by atoms with Crippen LogP contribution < -0.4 is 10.6 Å². The average Bonchev–Trinajstić information content (AvgIpc) is 3.20. The summed E-state index contributed by atoms with van der Waals surface area (Å²) < 4.78 is 39.7. The maximum absolute atomic E-state index is 13.2. The van der Waals surface area contributed by atoms with Gasteiger partial charge in [0.2, 0.25) is 11.9 Å². The summed E-state index contributed by atoms with van der Waals surface area (Å²) in [7, 11) is 0. The molecule has 2 heterocycles. The Kier molecular flexibility index (Phi) is 6.02. The molecule has 1 unspecified atom stereocenters. The molecule has 7 nitrogen and oxygen atoms in total. The first-order chi connectivity index (χ1) is 15.4. The van der Waals surface area contributed by atoms with E-state index in [0.29, 0.717) is 22.6 Å². The van der Waals surface area contributed by atoms with Gasteiger partial charge in [-0.05, 0) is 29.8 Å². The van der Waals surface area contributed by atoms with Crippen molar-refractivity contribution in [3.05, 3.63) is 83.9 Å². The second-order valence-electron chi connectivity index (χ2n) is 7.15. The van der Waals surface area contributed by atoms with E-state index in [9.17, 15) is 18.0 Å². The molecule has 4 rings (SSSR count). The average molecular weight is 440 g/mol. The van der Waals surface area contributed by atoms with Crippen molar-refractivity contribution in [1.82, 2.24) is 25.3 Å². The van der Waals surface area contributed by atoms with Gasteiger partial charge in [0.25, 0.3) is 0 Å². The molecule has 0 aliphatic rings. The van der Waals surface area contributed by atoms with E-state index in [-0.39, 0.29) is 18.9 Å². The third-order valence-corrected chi connectivity index (χ3v) is 4.81. The highest BCUT2D eigenvalue weighted by Gasteiger charge is 2.31. The molecule has 1 atom stereocenters. The molecule has 2 aromatic heterocycles. The van der Waals surface area contributed by atoms with Crippen LogP contribution in [0.4, 0.5) is 19.1 Å². The number of fused-ring (bicyclic) bond motifs is 1. The quantitative estimate of drug-likeness (QED) is 0.400. The lowest BCUT2D eigenvalue weighted by Gasteiger charge is -2.20.